The van der Waals surface area contributed by atoms with Gasteiger partial charge < -0.3 is 5.11 Å². The summed E-state index contributed by atoms with van der Waals surface area (Å²) < 4.78 is 54.2. The first kappa shape index (κ1) is 17.9. The molecule has 1 aromatic carbocycles. The van der Waals surface area contributed by atoms with E-state index in [9.17, 15) is 22.3 Å². The van der Waals surface area contributed by atoms with Crippen LogP contribution < -0.4 is 4.72 Å². The summed E-state index contributed by atoms with van der Waals surface area (Å²) in [5.74, 6) is -1.59. The van der Waals surface area contributed by atoms with Crippen LogP contribution in [0.25, 0.3) is 11.3 Å². The Kier molecular flexibility index (Phi) is 5.12. The molecule has 8 heteroatoms. The lowest BCUT2D eigenvalue weighted by Crippen LogP contribution is -2.38. The van der Waals surface area contributed by atoms with E-state index in [1.807, 2.05) is 0 Å². The van der Waals surface area contributed by atoms with Gasteiger partial charge in [-0.2, -0.15) is 0 Å². The Morgan fingerprint density at radius 1 is 1.08 bits per heavy atom. The van der Waals surface area contributed by atoms with E-state index in [4.69, 9.17) is 0 Å². The molecule has 1 saturated carbocycles. The zero-order valence-electron chi connectivity index (χ0n) is 13.3. The molecular formula is C17H18F2N2O3S. The van der Waals surface area contributed by atoms with Crippen molar-refractivity contribution in [2.24, 2.45) is 0 Å². The largest absolute Gasteiger partial charge is 0.393 e. The third-order valence-corrected chi connectivity index (χ3v) is 5.80. The summed E-state index contributed by atoms with van der Waals surface area (Å²) in [5, 5.41) is 9.48. The van der Waals surface area contributed by atoms with Crippen molar-refractivity contribution in [3.63, 3.8) is 0 Å². The monoisotopic (exact) mass is 368 g/mol. The zero-order valence-corrected chi connectivity index (χ0v) is 14.1. The van der Waals surface area contributed by atoms with E-state index in [0.717, 1.165) is 12.3 Å². The third kappa shape index (κ3) is 4.20. The molecule has 0 atom stereocenters. The number of nitrogens with zero attached hydrogens (tertiary/aromatic N) is 1. The second-order valence-corrected chi connectivity index (χ2v) is 7.85. The molecular weight excluding hydrogens is 350 g/mol. The summed E-state index contributed by atoms with van der Waals surface area (Å²) in [6, 6.07) is 6.11. The summed E-state index contributed by atoms with van der Waals surface area (Å²) in [5.41, 5.74) is 0.316. The Bertz CT molecular complexity index is 849. The molecule has 0 unspecified atom stereocenters. The number of nitrogens with one attached hydrogen (secondary N) is 1. The molecule has 2 N–H and O–H groups in total. The Hall–Kier alpha value is -1.90. The summed E-state index contributed by atoms with van der Waals surface area (Å²) in [6.07, 6.45) is 2.86. The molecule has 0 saturated heterocycles. The van der Waals surface area contributed by atoms with Crippen LogP contribution >= 0.6 is 0 Å². The quantitative estimate of drug-likeness (QED) is 0.869. The number of aromatic nitrogens is 1. The summed E-state index contributed by atoms with van der Waals surface area (Å²) >= 11 is 0. The maximum Gasteiger partial charge on any atom is 0.240 e. The number of aliphatic hydroxyl groups is 1. The van der Waals surface area contributed by atoms with Gasteiger partial charge in [0.25, 0.3) is 0 Å². The van der Waals surface area contributed by atoms with Gasteiger partial charge in [-0.25, -0.2) is 21.9 Å². The molecule has 3 rings (SSSR count). The van der Waals surface area contributed by atoms with Gasteiger partial charge in [0.1, 0.15) is 11.5 Å². The van der Waals surface area contributed by atoms with Crippen molar-refractivity contribution in [3.8, 4) is 11.3 Å². The maximum absolute atomic E-state index is 13.8. The minimum atomic E-state index is -3.70. The Morgan fingerprint density at radius 2 is 1.72 bits per heavy atom. The van der Waals surface area contributed by atoms with Gasteiger partial charge in [0.15, 0.2) is 5.82 Å². The summed E-state index contributed by atoms with van der Waals surface area (Å²) in [7, 11) is -3.70. The van der Waals surface area contributed by atoms with Crippen LogP contribution in [0.5, 0.6) is 0 Å². The minimum Gasteiger partial charge on any atom is -0.393 e. The number of benzene rings is 1. The normalized spacial score (nSPS) is 21.2. The van der Waals surface area contributed by atoms with Crippen molar-refractivity contribution in [2.45, 2.75) is 42.7 Å². The highest BCUT2D eigenvalue weighted by Crippen LogP contribution is 2.24. The van der Waals surface area contributed by atoms with Crippen molar-refractivity contribution in [3.05, 3.63) is 48.2 Å². The fraction of sp³-hybridized carbons (Fsp3) is 0.353. The number of aliphatic hydroxyl groups excluding tert-OH is 1. The standard InChI is InChI=1S/C17H18F2N2O3S/c18-12-9-16(19)17(20-10-12)11-1-7-15(8-2-11)25(23,24)21-13-3-5-14(22)6-4-13/h1-2,7-10,13-14,21-22H,3-6H2. The van der Waals surface area contributed by atoms with Crippen LogP contribution in [-0.4, -0.2) is 30.7 Å². The molecule has 2 aromatic rings. The highest BCUT2D eigenvalue weighted by atomic mass is 32.2. The van der Waals surface area contributed by atoms with Crippen molar-refractivity contribution in [2.75, 3.05) is 0 Å². The van der Waals surface area contributed by atoms with E-state index in [-0.39, 0.29) is 22.7 Å². The average molecular weight is 368 g/mol. The molecule has 0 spiro atoms. The summed E-state index contributed by atoms with van der Waals surface area (Å²) in [4.78, 5) is 3.76. The first-order chi connectivity index (χ1) is 11.8. The van der Waals surface area contributed by atoms with Gasteiger partial charge in [0.2, 0.25) is 10.0 Å². The van der Waals surface area contributed by atoms with Crippen LogP contribution in [0.1, 0.15) is 25.7 Å². The lowest BCUT2D eigenvalue weighted by Gasteiger charge is -2.26. The number of pyridine rings is 1. The smallest absolute Gasteiger partial charge is 0.240 e. The zero-order chi connectivity index (χ0) is 18.0. The van der Waals surface area contributed by atoms with E-state index < -0.39 is 21.7 Å². The van der Waals surface area contributed by atoms with Crippen LogP contribution in [0.4, 0.5) is 8.78 Å². The Morgan fingerprint density at radius 3 is 2.32 bits per heavy atom. The Balaban J connectivity index is 1.77. The molecule has 0 aliphatic heterocycles. The Labute approximate surface area is 144 Å². The first-order valence-corrected chi connectivity index (χ1v) is 9.45. The van der Waals surface area contributed by atoms with E-state index >= 15 is 0 Å². The molecule has 1 aromatic heterocycles. The predicted octanol–water partition coefficient (Wildman–Crippen LogP) is 2.61. The molecule has 1 aliphatic rings. The molecule has 1 heterocycles. The van der Waals surface area contributed by atoms with Crippen molar-refractivity contribution in [1.29, 1.82) is 0 Å². The lowest BCUT2D eigenvalue weighted by molar-refractivity contribution is 0.120. The number of halogens is 2. The van der Waals surface area contributed by atoms with Crippen molar-refractivity contribution < 1.29 is 22.3 Å². The first-order valence-electron chi connectivity index (χ1n) is 7.97. The van der Waals surface area contributed by atoms with Crippen LogP contribution in [-0.2, 0) is 10.0 Å². The molecule has 0 radical (unpaired) electrons. The van der Waals surface area contributed by atoms with Gasteiger partial charge in [-0.1, -0.05) is 12.1 Å². The van der Waals surface area contributed by atoms with Gasteiger partial charge in [-0.3, -0.25) is 4.98 Å². The number of hydrogen-bond acceptors (Lipinski definition) is 4. The highest BCUT2D eigenvalue weighted by molar-refractivity contribution is 7.89. The average Bonchev–Trinajstić information content (AvgIpc) is 2.57. The van der Waals surface area contributed by atoms with E-state index in [0.29, 0.717) is 31.2 Å². The second-order valence-electron chi connectivity index (χ2n) is 6.14. The molecule has 134 valence electrons. The van der Waals surface area contributed by atoms with Crippen LogP contribution in [0.3, 0.4) is 0 Å². The van der Waals surface area contributed by atoms with E-state index in [1.54, 1.807) is 0 Å². The fourth-order valence-corrected chi connectivity index (χ4v) is 4.21. The van der Waals surface area contributed by atoms with Gasteiger partial charge in [0, 0.05) is 17.7 Å². The summed E-state index contributed by atoms with van der Waals surface area (Å²) in [6.45, 7) is 0. The van der Waals surface area contributed by atoms with Crippen molar-refractivity contribution in [1.82, 2.24) is 9.71 Å². The number of rotatable bonds is 4. The maximum atomic E-state index is 13.8. The van der Waals surface area contributed by atoms with Gasteiger partial charge >= 0.3 is 0 Å². The van der Waals surface area contributed by atoms with Crippen LogP contribution in [0.15, 0.2) is 41.4 Å². The molecule has 1 fully saturated rings. The van der Waals surface area contributed by atoms with Gasteiger partial charge in [0.05, 0.1) is 17.2 Å². The molecule has 0 bridgehead atoms. The number of sulfonamides is 1. The predicted molar refractivity (Wildman–Crippen MR) is 88.2 cm³/mol. The second kappa shape index (κ2) is 7.15. The van der Waals surface area contributed by atoms with Gasteiger partial charge in [-0.15, -0.1) is 0 Å². The number of hydrogen-bond donors (Lipinski definition) is 2. The third-order valence-electron chi connectivity index (χ3n) is 4.26. The highest BCUT2D eigenvalue weighted by Gasteiger charge is 2.24. The molecule has 5 nitrogen and oxygen atoms in total. The van der Waals surface area contributed by atoms with E-state index in [2.05, 4.69) is 9.71 Å². The van der Waals surface area contributed by atoms with Gasteiger partial charge in [-0.05, 0) is 37.8 Å². The SMILES string of the molecule is O=S(=O)(NC1CCC(O)CC1)c1ccc(-c2ncc(F)cc2F)cc1. The van der Waals surface area contributed by atoms with E-state index in [1.165, 1.54) is 24.3 Å². The molecule has 1 aliphatic carbocycles. The molecule has 0 amide bonds. The van der Waals surface area contributed by atoms with Crippen LogP contribution in [0.2, 0.25) is 0 Å². The topological polar surface area (TPSA) is 79.3 Å². The molecule has 25 heavy (non-hydrogen) atoms. The minimum absolute atomic E-state index is 0.0421. The van der Waals surface area contributed by atoms with Crippen molar-refractivity contribution >= 4 is 10.0 Å². The lowest BCUT2D eigenvalue weighted by atomic mass is 9.94. The fourth-order valence-electron chi connectivity index (χ4n) is 2.90. The van der Waals surface area contributed by atoms with Crippen LogP contribution in [0, 0.1) is 11.6 Å².